The van der Waals surface area contributed by atoms with Crippen LogP contribution in [0.15, 0.2) is 12.5 Å². The fourth-order valence-corrected chi connectivity index (χ4v) is 2.31. The van der Waals surface area contributed by atoms with Crippen LogP contribution in [0.4, 0.5) is 0 Å². The Morgan fingerprint density at radius 3 is 2.07 bits per heavy atom. The van der Waals surface area contributed by atoms with E-state index in [1.807, 2.05) is 0 Å². The van der Waals surface area contributed by atoms with Crippen molar-refractivity contribution in [1.29, 1.82) is 0 Å². The van der Waals surface area contributed by atoms with Crippen molar-refractivity contribution in [2.24, 2.45) is 5.73 Å². The molecule has 29 heavy (non-hydrogen) atoms. The van der Waals surface area contributed by atoms with E-state index in [1.165, 1.54) is 12.5 Å². The van der Waals surface area contributed by atoms with Gasteiger partial charge in [-0.25, -0.2) is 9.78 Å². The second-order valence-corrected chi connectivity index (χ2v) is 6.21. The summed E-state index contributed by atoms with van der Waals surface area (Å²) in [5, 5.41) is 31.3. The topological polar surface area (TPSA) is 225 Å². The van der Waals surface area contributed by atoms with Crippen molar-refractivity contribution in [3.05, 3.63) is 18.2 Å². The summed E-state index contributed by atoms with van der Waals surface area (Å²) >= 11 is 0. The predicted molar refractivity (Wildman–Crippen MR) is 95.5 cm³/mol. The van der Waals surface area contributed by atoms with Crippen LogP contribution < -0.4 is 16.4 Å². The number of carboxylic acids is 3. The highest BCUT2D eigenvalue weighted by Crippen LogP contribution is 2.04. The number of aliphatic carboxylic acids is 3. The Morgan fingerprint density at radius 1 is 0.966 bits per heavy atom. The minimum absolute atomic E-state index is 0.112. The number of carbonyl (C=O) groups is 5. The number of amides is 2. The van der Waals surface area contributed by atoms with E-state index in [1.54, 1.807) is 0 Å². The zero-order valence-electron chi connectivity index (χ0n) is 15.3. The van der Waals surface area contributed by atoms with E-state index >= 15 is 0 Å². The van der Waals surface area contributed by atoms with Crippen LogP contribution in [0.1, 0.15) is 31.4 Å². The number of nitrogens with one attached hydrogen (secondary N) is 3. The SMILES string of the molecule is N[C@@H](CCC(=O)O)C(=O)N[C@@H](CCC(=O)O)C(=O)N[C@@H](Cc1cnc[nH]1)C(=O)O. The molecule has 13 heteroatoms. The predicted octanol–water partition coefficient (Wildman–Crippen LogP) is -1.94. The number of H-pyrrole nitrogens is 1. The fraction of sp³-hybridized carbons (Fsp3) is 0.500. The van der Waals surface area contributed by atoms with Crippen LogP contribution in [-0.4, -0.2) is 73.1 Å². The van der Waals surface area contributed by atoms with Crippen LogP contribution in [-0.2, 0) is 30.4 Å². The molecule has 0 spiro atoms. The number of nitrogens with two attached hydrogens (primary N) is 1. The molecule has 13 nitrogen and oxygen atoms in total. The molecule has 1 heterocycles. The van der Waals surface area contributed by atoms with Crippen molar-refractivity contribution < 1.29 is 39.3 Å². The number of aromatic nitrogens is 2. The average Bonchev–Trinajstić information content (AvgIpc) is 3.14. The second kappa shape index (κ2) is 11.4. The maximum Gasteiger partial charge on any atom is 0.326 e. The van der Waals surface area contributed by atoms with Crippen LogP contribution in [0.2, 0.25) is 0 Å². The highest BCUT2D eigenvalue weighted by Gasteiger charge is 2.28. The van der Waals surface area contributed by atoms with Crippen LogP contribution >= 0.6 is 0 Å². The first-order chi connectivity index (χ1) is 13.6. The molecule has 0 unspecified atom stereocenters. The number of carbonyl (C=O) groups excluding carboxylic acids is 2. The monoisotopic (exact) mass is 413 g/mol. The van der Waals surface area contributed by atoms with Crippen molar-refractivity contribution in [1.82, 2.24) is 20.6 Å². The maximum absolute atomic E-state index is 12.5. The average molecular weight is 413 g/mol. The zero-order valence-corrected chi connectivity index (χ0v) is 15.3. The highest BCUT2D eigenvalue weighted by molar-refractivity contribution is 5.92. The van der Waals surface area contributed by atoms with E-state index in [4.69, 9.17) is 15.9 Å². The highest BCUT2D eigenvalue weighted by atomic mass is 16.4. The smallest absolute Gasteiger partial charge is 0.326 e. The first-order valence-electron chi connectivity index (χ1n) is 8.60. The fourth-order valence-electron chi connectivity index (χ4n) is 2.31. The largest absolute Gasteiger partial charge is 0.481 e. The van der Waals surface area contributed by atoms with Gasteiger partial charge in [0.05, 0.1) is 12.4 Å². The summed E-state index contributed by atoms with van der Waals surface area (Å²) < 4.78 is 0. The Bertz CT molecular complexity index is 736. The molecule has 1 rings (SSSR count). The summed E-state index contributed by atoms with van der Waals surface area (Å²) in [4.78, 5) is 63.9. The molecule has 0 aromatic carbocycles. The summed E-state index contributed by atoms with van der Waals surface area (Å²) in [6, 6.07) is -3.95. The third kappa shape index (κ3) is 8.83. The van der Waals surface area contributed by atoms with Gasteiger partial charge in [0.1, 0.15) is 12.1 Å². The van der Waals surface area contributed by atoms with E-state index < -0.39 is 54.3 Å². The van der Waals surface area contributed by atoms with E-state index in [0.717, 1.165) is 0 Å². The molecule has 0 aliphatic rings. The van der Waals surface area contributed by atoms with E-state index in [-0.39, 0.29) is 25.7 Å². The van der Waals surface area contributed by atoms with E-state index in [9.17, 15) is 29.1 Å². The molecule has 1 aromatic rings. The summed E-state index contributed by atoms with van der Waals surface area (Å²) in [5.74, 6) is -5.47. The Hall–Kier alpha value is -3.48. The van der Waals surface area contributed by atoms with Crippen molar-refractivity contribution >= 4 is 29.7 Å². The first-order valence-corrected chi connectivity index (χ1v) is 8.60. The van der Waals surface area contributed by atoms with Crippen LogP contribution in [0.25, 0.3) is 0 Å². The lowest BCUT2D eigenvalue weighted by Gasteiger charge is -2.22. The van der Waals surface area contributed by atoms with Gasteiger partial charge in [0.2, 0.25) is 11.8 Å². The van der Waals surface area contributed by atoms with Crippen LogP contribution in [0.3, 0.4) is 0 Å². The van der Waals surface area contributed by atoms with Gasteiger partial charge in [-0.15, -0.1) is 0 Å². The van der Waals surface area contributed by atoms with Gasteiger partial charge in [0, 0.05) is 31.2 Å². The molecule has 0 saturated heterocycles. The normalized spacial score (nSPS) is 13.7. The van der Waals surface area contributed by atoms with Crippen LogP contribution in [0, 0.1) is 0 Å². The Kier molecular flexibility index (Phi) is 9.25. The zero-order chi connectivity index (χ0) is 22.0. The van der Waals surface area contributed by atoms with Crippen molar-refractivity contribution in [3.63, 3.8) is 0 Å². The van der Waals surface area contributed by atoms with Crippen molar-refractivity contribution in [2.75, 3.05) is 0 Å². The third-order valence-electron chi connectivity index (χ3n) is 3.88. The van der Waals surface area contributed by atoms with E-state index in [2.05, 4.69) is 20.6 Å². The molecule has 0 saturated carbocycles. The summed E-state index contributed by atoms with van der Waals surface area (Å²) in [5.41, 5.74) is 6.03. The Morgan fingerprint density at radius 2 is 1.55 bits per heavy atom. The van der Waals surface area contributed by atoms with Gasteiger partial charge >= 0.3 is 17.9 Å². The molecule has 0 bridgehead atoms. The number of aromatic amines is 1. The van der Waals surface area contributed by atoms with Gasteiger partial charge in [-0.05, 0) is 12.8 Å². The van der Waals surface area contributed by atoms with Gasteiger partial charge in [-0.2, -0.15) is 0 Å². The van der Waals surface area contributed by atoms with Gasteiger partial charge in [0.25, 0.3) is 0 Å². The summed E-state index contributed by atoms with van der Waals surface area (Å²) in [6.07, 6.45) is 1.27. The molecule has 8 N–H and O–H groups in total. The molecule has 0 fully saturated rings. The Balaban J connectivity index is 2.80. The third-order valence-corrected chi connectivity index (χ3v) is 3.88. The van der Waals surface area contributed by atoms with Gasteiger partial charge in [0.15, 0.2) is 0 Å². The Labute approximate surface area is 164 Å². The van der Waals surface area contributed by atoms with E-state index in [0.29, 0.717) is 5.69 Å². The lowest BCUT2D eigenvalue weighted by atomic mass is 10.1. The van der Waals surface area contributed by atoms with Crippen molar-refractivity contribution in [2.45, 2.75) is 50.2 Å². The van der Waals surface area contributed by atoms with Crippen LogP contribution in [0.5, 0.6) is 0 Å². The summed E-state index contributed by atoms with van der Waals surface area (Å²) in [7, 11) is 0. The minimum Gasteiger partial charge on any atom is -0.481 e. The molecule has 0 aliphatic heterocycles. The molecular formula is C16H23N5O8. The summed E-state index contributed by atoms with van der Waals surface area (Å²) in [6.45, 7) is 0. The molecular weight excluding hydrogens is 390 g/mol. The van der Waals surface area contributed by atoms with Gasteiger partial charge in [-0.1, -0.05) is 0 Å². The molecule has 1 aromatic heterocycles. The quantitative estimate of drug-likeness (QED) is 0.189. The minimum atomic E-state index is -1.36. The van der Waals surface area contributed by atoms with Gasteiger partial charge < -0.3 is 36.7 Å². The first kappa shape index (κ1) is 23.6. The molecule has 2 amide bonds. The maximum atomic E-state index is 12.5. The number of rotatable bonds is 13. The number of hydrogen-bond acceptors (Lipinski definition) is 7. The second-order valence-electron chi connectivity index (χ2n) is 6.21. The number of hydrogen-bond donors (Lipinski definition) is 7. The molecule has 0 radical (unpaired) electrons. The molecule has 3 atom stereocenters. The van der Waals surface area contributed by atoms with Crippen molar-refractivity contribution in [3.8, 4) is 0 Å². The number of carboxylic acid groups (broad SMARTS) is 3. The molecule has 160 valence electrons. The standard InChI is InChI=1S/C16H23N5O8/c17-9(1-3-12(22)23)14(26)20-10(2-4-13(24)25)15(27)21-11(16(28)29)5-8-6-18-7-19-8/h6-7,9-11H,1-5,17H2,(H,18,19)(H,20,26)(H,21,27)(H,22,23)(H,24,25)(H,28,29)/t9-,10-,11-/m0/s1. The number of nitrogens with zero attached hydrogens (tertiary/aromatic N) is 1. The lowest BCUT2D eigenvalue weighted by Crippen LogP contribution is -2.55. The lowest BCUT2D eigenvalue weighted by molar-refractivity contribution is -0.143. The number of imidazole rings is 1. The molecule has 0 aliphatic carbocycles. The van der Waals surface area contributed by atoms with Gasteiger partial charge in [-0.3, -0.25) is 19.2 Å².